The summed E-state index contributed by atoms with van der Waals surface area (Å²) in [5.41, 5.74) is 2.70. The van der Waals surface area contributed by atoms with Gasteiger partial charge >= 0.3 is 0 Å². The summed E-state index contributed by atoms with van der Waals surface area (Å²) < 4.78 is 0. The first-order valence-electron chi connectivity index (χ1n) is 8.81. The van der Waals surface area contributed by atoms with E-state index in [1.54, 1.807) is 0 Å². The Hall–Kier alpha value is -1.40. The third kappa shape index (κ3) is 2.48. The van der Waals surface area contributed by atoms with Crippen LogP contribution in [0.3, 0.4) is 0 Å². The highest BCUT2D eigenvalue weighted by molar-refractivity contribution is 5.94. The summed E-state index contributed by atoms with van der Waals surface area (Å²) in [5.74, 6) is 0.0379. The maximum Gasteiger partial charge on any atom is 0.274 e. The Bertz CT molecular complexity index is 614. The first-order chi connectivity index (χ1) is 11.1. The van der Waals surface area contributed by atoms with Gasteiger partial charge in [-0.2, -0.15) is 5.10 Å². The van der Waals surface area contributed by atoms with Crippen LogP contribution in [-0.2, 0) is 13.0 Å². The number of fused-ring (bicyclic) bond motifs is 1. The van der Waals surface area contributed by atoms with Crippen molar-refractivity contribution in [3.63, 3.8) is 0 Å². The fraction of sp³-hybridized carbons (Fsp3) is 0.765. The van der Waals surface area contributed by atoms with Gasteiger partial charge in [-0.15, -0.1) is 0 Å². The number of rotatable bonds is 1. The molecule has 0 bridgehead atoms. The summed E-state index contributed by atoms with van der Waals surface area (Å²) in [4.78, 5) is 17.2. The number of aliphatic hydroxyl groups excluding tert-OH is 1. The second-order valence-electron chi connectivity index (χ2n) is 7.62. The van der Waals surface area contributed by atoms with Crippen LogP contribution < -0.4 is 0 Å². The van der Waals surface area contributed by atoms with E-state index in [4.69, 9.17) is 0 Å². The van der Waals surface area contributed by atoms with Crippen LogP contribution in [0.1, 0.15) is 53.8 Å². The van der Waals surface area contributed by atoms with Crippen LogP contribution in [0.5, 0.6) is 0 Å². The molecule has 4 rings (SSSR count). The zero-order valence-electron chi connectivity index (χ0n) is 13.8. The number of aromatic nitrogens is 2. The predicted octanol–water partition coefficient (Wildman–Crippen LogP) is 1.16. The average molecular weight is 318 g/mol. The van der Waals surface area contributed by atoms with E-state index >= 15 is 0 Å². The number of carbonyl (C=O) groups excluding carboxylic acids is 1. The first-order valence-corrected chi connectivity index (χ1v) is 8.81. The quantitative estimate of drug-likeness (QED) is 0.815. The van der Waals surface area contributed by atoms with Gasteiger partial charge in [0.15, 0.2) is 5.69 Å². The minimum atomic E-state index is -0.252. The Balaban J connectivity index is 1.56. The molecule has 6 heteroatoms. The largest absolute Gasteiger partial charge is 0.392 e. The van der Waals surface area contributed by atoms with Crippen molar-refractivity contribution in [2.24, 2.45) is 5.41 Å². The molecule has 2 fully saturated rings. The molecule has 6 nitrogen and oxygen atoms in total. The summed E-state index contributed by atoms with van der Waals surface area (Å²) in [5, 5.41) is 17.8. The van der Waals surface area contributed by atoms with Crippen LogP contribution in [0.15, 0.2) is 0 Å². The molecule has 0 radical (unpaired) electrons. The number of H-pyrrole nitrogens is 1. The number of likely N-dealkylation sites (N-methyl/N-ethyl adjacent to an activating group) is 1. The lowest BCUT2D eigenvalue weighted by Crippen LogP contribution is -2.49. The number of aromatic amines is 1. The maximum atomic E-state index is 13.0. The lowest BCUT2D eigenvalue weighted by Gasteiger charge is -2.42. The van der Waals surface area contributed by atoms with Gasteiger partial charge in [-0.25, -0.2) is 0 Å². The normalized spacial score (nSPS) is 31.6. The molecule has 3 heterocycles. The Kier molecular flexibility index (Phi) is 3.69. The first kappa shape index (κ1) is 15.1. The van der Waals surface area contributed by atoms with Crippen molar-refractivity contribution in [1.29, 1.82) is 0 Å². The summed E-state index contributed by atoms with van der Waals surface area (Å²) in [7, 11) is 2.08. The molecule has 0 unspecified atom stereocenters. The van der Waals surface area contributed by atoms with Crippen LogP contribution in [0.25, 0.3) is 0 Å². The molecule has 3 aliphatic rings. The number of aliphatic hydroxyl groups is 1. The average Bonchev–Trinajstić information content (AvgIpc) is 3.11. The summed E-state index contributed by atoms with van der Waals surface area (Å²) >= 11 is 0. The van der Waals surface area contributed by atoms with Crippen molar-refractivity contribution in [2.75, 3.05) is 26.7 Å². The zero-order chi connectivity index (χ0) is 16.0. The summed E-state index contributed by atoms with van der Waals surface area (Å²) in [6.07, 6.45) is 5.69. The molecule has 23 heavy (non-hydrogen) atoms. The van der Waals surface area contributed by atoms with E-state index in [9.17, 15) is 9.90 Å². The van der Waals surface area contributed by atoms with Gasteiger partial charge < -0.3 is 14.9 Å². The van der Waals surface area contributed by atoms with Crippen molar-refractivity contribution in [3.8, 4) is 0 Å². The highest BCUT2D eigenvalue weighted by atomic mass is 16.3. The van der Waals surface area contributed by atoms with E-state index < -0.39 is 0 Å². The molecule has 1 aromatic rings. The summed E-state index contributed by atoms with van der Waals surface area (Å²) in [6, 6.07) is 0. The molecule has 1 aliphatic carbocycles. The number of hydrogen-bond acceptors (Lipinski definition) is 4. The number of nitrogens with one attached hydrogen (secondary N) is 1. The molecule has 2 atom stereocenters. The van der Waals surface area contributed by atoms with E-state index in [-0.39, 0.29) is 17.4 Å². The van der Waals surface area contributed by atoms with Crippen LogP contribution in [0.2, 0.25) is 0 Å². The van der Waals surface area contributed by atoms with Crippen LogP contribution in [0.4, 0.5) is 0 Å². The van der Waals surface area contributed by atoms with Gasteiger partial charge in [0.05, 0.1) is 6.10 Å². The number of amides is 1. The van der Waals surface area contributed by atoms with Crippen molar-refractivity contribution in [1.82, 2.24) is 20.0 Å². The van der Waals surface area contributed by atoms with E-state index in [2.05, 4.69) is 22.1 Å². The third-order valence-corrected chi connectivity index (χ3v) is 6.08. The van der Waals surface area contributed by atoms with Crippen molar-refractivity contribution in [2.45, 2.75) is 51.2 Å². The van der Waals surface area contributed by atoms with E-state index in [0.717, 1.165) is 69.4 Å². The van der Waals surface area contributed by atoms with Crippen molar-refractivity contribution in [3.05, 3.63) is 17.0 Å². The number of piperidine rings is 1. The monoisotopic (exact) mass is 318 g/mol. The second kappa shape index (κ2) is 5.60. The number of likely N-dealkylation sites (tertiary alicyclic amines) is 1. The lowest BCUT2D eigenvalue weighted by molar-refractivity contribution is -0.00561. The lowest BCUT2D eigenvalue weighted by atomic mass is 9.76. The fourth-order valence-electron chi connectivity index (χ4n) is 4.69. The van der Waals surface area contributed by atoms with Gasteiger partial charge in [0.25, 0.3) is 5.91 Å². The SMILES string of the molecule is CN1CCc2[nH]nc(C(=O)N3CCC[C@@]4(CCC[C@H]4O)C3)c2C1. The van der Waals surface area contributed by atoms with E-state index in [0.29, 0.717) is 12.2 Å². The van der Waals surface area contributed by atoms with Crippen LogP contribution in [0, 0.1) is 5.41 Å². The van der Waals surface area contributed by atoms with E-state index in [1.165, 1.54) is 0 Å². The highest BCUT2D eigenvalue weighted by Gasteiger charge is 2.46. The fourth-order valence-corrected chi connectivity index (χ4v) is 4.69. The topological polar surface area (TPSA) is 72.5 Å². The van der Waals surface area contributed by atoms with Gasteiger partial charge in [-0.1, -0.05) is 6.42 Å². The summed E-state index contributed by atoms with van der Waals surface area (Å²) in [6.45, 7) is 3.26. The highest BCUT2D eigenvalue weighted by Crippen LogP contribution is 2.45. The molecule has 0 aromatic carbocycles. The van der Waals surface area contributed by atoms with Crippen molar-refractivity contribution >= 4 is 5.91 Å². The molecule has 1 saturated carbocycles. The Morgan fingerprint density at radius 3 is 2.96 bits per heavy atom. The van der Waals surface area contributed by atoms with Gasteiger partial charge in [-0.05, 0) is 32.7 Å². The Labute approximate surface area is 136 Å². The van der Waals surface area contributed by atoms with Crippen LogP contribution >= 0.6 is 0 Å². The number of nitrogens with zero attached hydrogens (tertiary/aromatic N) is 3. The molecule has 1 spiro atoms. The smallest absolute Gasteiger partial charge is 0.274 e. The van der Waals surface area contributed by atoms with Crippen molar-refractivity contribution < 1.29 is 9.90 Å². The molecule has 1 saturated heterocycles. The van der Waals surface area contributed by atoms with Gasteiger partial charge in [0.2, 0.25) is 0 Å². The van der Waals surface area contributed by atoms with Crippen LogP contribution in [-0.4, -0.2) is 63.8 Å². The molecular weight excluding hydrogens is 292 g/mol. The second-order valence-corrected chi connectivity index (χ2v) is 7.62. The molecule has 1 amide bonds. The number of hydrogen-bond donors (Lipinski definition) is 2. The van der Waals surface area contributed by atoms with Gasteiger partial charge in [0.1, 0.15) is 0 Å². The number of carbonyl (C=O) groups is 1. The molecule has 2 N–H and O–H groups in total. The minimum absolute atomic E-state index is 0.0379. The predicted molar refractivity (Wildman–Crippen MR) is 86.1 cm³/mol. The molecule has 1 aromatic heterocycles. The Morgan fingerprint density at radius 1 is 1.35 bits per heavy atom. The van der Waals surface area contributed by atoms with Gasteiger partial charge in [0, 0.05) is 49.3 Å². The van der Waals surface area contributed by atoms with Gasteiger partial charge in [-0.3, -0.25) is 9.89 Å². The third-order valence-electron chi connectivity index (χ3n) is 6.08. The maximum absolute atomic E-state index is 13.0. The zero-order valence-corrected chi connectivity index (χ0v) is 13.8. The molecule has 126 valence electrons. The molecular formula is C17H26N4O2. The molecule has 2 aliphatic heterocycles. The minimum Gasteiger partial charge on any atom is -0.392 e. The standard InChI is InChI=1S/C17H26N4O2/c1-20-9-5-13-12(10-20)15(19-18-13)16(23)21-8-3-7-17(11-21)6-2-4-14(17)22/h14,22H,2-11H2,1H3,(H,18,19)/t14-,17+/m1/s1. The Morgan fingerprint density at radius 2 is 2.17 bits per heavy atom. The van der Waals surface area contributed by atoms with E-state index in [1.807, 2.05) is 4.90 Å².